The highest BCUT2D eigenvalue weighted by molar-refractivity contribution is 7.99. The van der Waals surface area contributed by atoms with Crippen LogP contribution >= 0.6 is 11.8 Å². The monoisotopic (exact) mass is 276 g/mol. The second-order valence-corrected chi connectivity index (χ2v) is 5.28. The van der Waals surface area contributed by atoms with Gasteiger partial charge in [-0.15, -0.1) is 0 Å². The number of nitrogens with two attached hydrogens (primary N) is 1. The zero-order valence-corrected chi connectivity index (χ0v) is 11.8. The summed E-state index contributed by atoms with van der Waals surface area (Å²) in [6.07, 6.45) is 3.48. The summed E-state index contributed by atoms with van der Waals surface area (Å²) in [5.41, 5.74) is 8.14. The lowest BCUT2D eigenvalue weighted by molar-refractivity contribution is 0.815. The van der Waals surface area contributed by atoms with Crippen molar-refractivity contribution in [3.8, 4) is 0 Å². The molecule has 6 heteroatoms. The van der Waals surface area contributed by atoms with E-state index in [1.807, 2.05) is 13.0 Å². The van der Waals surface area contributed by atoms with Gasteiger partial charge in [-0.05, 0) is 36.7 Å². The summed E-state index contributed by atoms with van der Waals surface area (Å²) < 4.78 is 0. The maximum atomic E-state index is 11.6. The van der Waals surface area contributed by atoms with Gasteiger partial charge in [0.25, 0.3) is 5.56 Å². The second-order valence-electron chi connectivity index (χ2n) is 4.30. The highest BCUT2D eigenvalue weighted by Crippen LogP contribution is 2.27. The summed E-state index contributed by atoms with van der Waals surface area (Å²) in [4.78, 5) is 22.9. The number of aromatic amines is 1. The number of pyridine rings is 1. The van der Waals surface area contributed by atoms with E-state index in [2.05, 4.69) is 21.9 Å². The van der Waals surface area contributed by atoms with Crippen molar-refractivity contribution in [1.29, 1.82) is 0 Å². The van der Waals surface area contributed by atoms with Crippen LogP contribution in [0.15, 0.2) is 33.3 Å². The smallest absolute Gasteiger partial charge is 0.251 e. The van der Waals surface area contributed by atoms with Gasteiger partial charge < -0.3 is 10.7 Å². The molecule has 2 aromatic rings. The maximum absolute atomic E-state index is 11.6. The third kappa shape index (κ3) is 3.57. The minimum atomic E-state index is -0.147. The van der Waals surface area contributed by atoms with Gasteiger partial charge in [-0.25, -0.2) is 9.97 Å². The molecule has 0 unspecified atom stereocenters. The Morgan fingerprint density at radius 3 is 2.89 bits per heavy atom. The molecule has 0 atom stereocenters. The fraction of sp³-hybridized carbons (Fsp3) is 0.308. The summed E-state index contributed by atoms with van der Waals surface area (Å²) in [6, 6.07) is 3.38. The minimum Gasteiger partial charge on any atom is -0.397 e. The number of nitrogens with zero attached hydrogens (tertiary/aromatic N) is 2. The third-order valence-electron chi connectivity index (χ3n) is 2.49. The summed E-state index contributed by atoms with van der Waals surface area (Å²) in [7, 11) is 0. The van der Waals surface area contributed by atoms with E-state index in [9.17, 15) is 4.79 Å². The molecule has 100 valence electrons. The first-order valence-electron chi connectivity index (χ1n) is 6.08. The molecule has 0 amide bonds. The molecular weight excluding hydrogens is 260 g/mol. The van der Waals surface area contributed by atoms with E-state index < -0.39 is 0 Å². The van der Waals surface area contributed by atoms with Crippen molar-refractivity contribution >= 4 is 17.4 Å². The van der Waals surface area contributed by atoms with Crippen molar-refractivity contribution in [2.45, 2.75) is 36.9 Å². The van der Waals surface area contributed by atoms with Gasteiger partial charge in [0.05, 0.1) is 5.69 Å². The fourth-order valence-corrected chi connectivity index (χ4v) is 2.45. The largest absolute Gasteiger partial charge is 0.397 e. The van der Waals surface area contributed by atoms with Crippen LogP contribution in [0.1, 0.15) is 24.6 Å². The normalized spacial score (nSPS) is 10.6. The first-order chi connectivity index (χ1) is 9.08. The van der Waals surface area contributed by atoms with Crippen LogP contribution in [0, 0.1) is 6.92 Å². The molecule has 0 bridgehead atoms. The van der Waals surface area contributed by atoms with Gasteiger partial charge in [0, 0.05) is 18.0 Å². The Hall–Kier alpha value is -1.82. The van der Waals surface area contributed by atoms with E-state index >= 15 is 0 Å². The van der Waals surface area contributed by atoms with Crippen molar-refractivity contribution in [2.75, 3.05) is 5.73 Å². The predicted octanol–water partition coefficient (Wildman–Crippen LogP) is 2.16. The fourth-order valence-electron chi connectivity index (χ4n) is 1.67. The lowest BCUT2D eigenvalue weighted by Gasteiger charge is -2.05. The molecule has 0 aliphatic carbocycles. The number of aryl methyl sites for hydroxylation is 2. The van der Waals surface area contributed by atoms with Crippen LogP contribution in [0.3, 0.4) is 0 Å². The van der Waals surface area contributed by atoms with Crippen LogP contribution < -0.4 is 11.3 Å². The maximum Gasteiger partial charge on any atom is 0.251 e. The van der Waals surface area contributed by atoms with Crippen molar-refractivity contribution in [3.05, 3.63) is 39.9 Å². The topological polar surface area (TPSA) is 84.7 Å². The van der Waals surface area contributed by atoms with Gasteiger partial charge in [0.2, 0.25) is 0 Å². The molecule has 0 saturated carbocycles. The lowest BCUT2D eigenvalue weighted by atomic mass is 10.2. The van der Waals surface area contributed by atoms with Crippen LogP contribution in [0.4, 0.5) is 5.69 Å². The number of nitrogens with one attached hydrogen (secondary N) is 1. The van der Waals surface area contributed by atoms with Crippen molar-refractivity contribution in [1.82, 2.24) is 15.0 Å². The Morgan fingerprint density at radius 2 is 2.21 bits per heavy atom. The molecule has 0 fully saturated rings. The van der Waals surface area contributed by atoms with Gasteiger partial charge in [-0.1, -0.05) is 13.3 Å². The molecule has 0 aliphatic heterocycles. The summed E-state index contributed by atoms with van der Waals surface area (Å²) >= 11 is 1.27. The number of aromatic nitrogens is 3. The van der Waals surface area contributed by atoms with Crippen molar-refractivity contribution in [3.63, 3.8) is 0 Å². The van der Waals surface area contributed by atoms with Gasteiger partial charge in [-0.2, -0.15) is 0 Å². The van der Waals surface area contributed by atoms with Crippen LogP contribution in [0.25, 0.3) is 0 Å². The summed E-state index contributed by atoms with van der Waals surface area (Å²) in [5, 5.41) is 1.18. The molecular formula is C13H16N4OS. The molecule has 5 nitrogen and oxygen atoms in total. The highest BCUT2D eigenvalue weighted by Gasteiger charge is 2.07. The van der Waals surface area contributed by atoms with Gasteiger partial charge in [-0.3, -0.25) is 4.79 Å². The summed E-state index contributed by atoms with van der Waals surface area (Å²) in [6.45, 7) is 3.98. The number of hydrogen-bond acceptors (Lipinski definition) is 5. The zero-order valence-electron chi connectivity index (χ0n) is 10.9. The molecule has 2 aromatic heterocycles. The standard InChI is InChI=1S/C13H16N4OS/c1-3-4-9-6-11(18)17-13(16-9)19-12-10(14)5-8(2)7-15-12/h5-7H,3-4,14H2,1-2H3,(H,16,17,18). The molecule has 0 aliphatic rings. The van der Waals surface area contributed by atoms with Crippen molar-refractivity contribution in [2.24, 2.45) is 0 Å². The van der Waals surface area contributed by atoms with Crippen LogP contribution in [0.5, 0.6) is 0 Å². The molecule has 2 heterocycles. The number of anilines is 1. The number of H-pyrrole nitrogens is 1. The number of rotatable bonds is 4. The minimum absolute atomic E-state index is 0.147. The molecule has 19 heavy (non-hydrogen) atoms. The molecule has 0 saturated heterocycles. The van der Waals surface area contributed by atoms with Gasteiger partial charge >= 0.3 is 0 Å². The first kappa shape index (κ1) is 13.6. The van der Waals surface area contributed by atoms with Crippen LogP contribution in [-0.2, 0) is 6.42 Å². The van der Waals surface area contributed by atoms with Crippen LogP contribution in [-0.4, -0.2) is 15.0 Å². The van der Waals surface area contributed by atoms with Gasteiger partial charge in [0.15, 0.2) is 5.16 Å². The second kappa shape index (κ2) is 5.88. The van der Waals surface area contributed by atoms with E-state index in [-0.39, 0.29) is 5.56 Å². The van der Waals surface area contributed by atoms with E-state index in [1.165, 1.54) is 17.8 Å². The third-order valence-corrected chi connectivity index (χ3v) is 3.41. The highest BCUT2D eigenvalue weighted by atomic mass is 32.2. The van der Waals surface area contributed by atoms with Gasteiger partial charge in [0.1, 0.15) is 5.03 Å². The van der Waals surface area contributed by atoms with E-state index in [4.69, 9.17) is 5.73 Å². The Balaban J connectivity index is 2.30. The predicted molar refractivity (Wildman–Crippen MR) is 76.4 cm³/mol. The average Bonchev–Trinajstić information content (AvgIpc) is 2.32. The van der Waals surface area contributed by atoms with Crippen LogP contribution in [0.2, 0.25) is 0 Å². The molecule has 3 N–H and O–H groups in total. The Bertz CT molecular complexity index is 639. The van der Waals surface area contributed by atoms with E-state index in [1.54, 1.807) is 6.20 Å². The van der Waals surface area contributed by atoms with Crippen molar-refractivity contribution < 1.29 is 0 Å². The Kier molecular flexibility index (Phi) is 4.21. The Morgan fingerprint density at radius 1 is 1.42 bits per heavy atom. The quantitative estimate of drug-likeness (QED) is 0.836. The zero-order chi connectivity index (χ0) is 13.8. The van der Waals surface area contributed by atoms with E-state index in [0.29, 0.717) is 15.9 Å². The molecule has 2 rings (SSSR count). The number of nitrogen functional groups attached to an aromatic ring is 1. The molecule has 0 radical (unpaired) electrons. The van der Waals surface area contributed by atoms with E-state index in [0.717, 1.165) is 24.1 Å². The Labute approximate surface area is 115 Å². The molecule has 0 aromatic carbocycles. The first-order valence-corrected chi connectivity index (χ1v) is 6.90. The lowest BCUT2D eigenvalue weighted by Crippen LogP contribution is -2.10. The average molecular weight is 276 g/mol. The molecule has 0 spiro atoms. The number of hydrogen-bond donors (Lipinski definition) is 2. The summed E-state index contributed by atoms with van der Waals surface area (Å²) in [5.74, 6) is 0. The SMILES string of the molecule is CCCc1cc(=O)[nH]c(Sc2ncc(C)cc2N)n1.